The highest BCUT2D eigenvalue weighted by Gasteiger charge is 2.26. The minimum absolute atomic E-state index is 0.248. The maximum atomic E-state index is 11.6. The molecule has 0 fully saturated rings. The summed E-state index contributed by atoms with van der Waals surface area (Å²) in [6.07, 6.45) is -4.09. The lowest BCUT2D eigenvalue weighted by molar-refractivity contribution is -0.124. The Balaban J connectivity index is 3.31. The maximum absolute atomic E-state index is 11.6. The van der Waals surface area contributed by atoms with Crippen molar-refractivity contribution in [2.75, 3.05) is 18.8 Å². The molecule has 0 aliphatic carbocycles. The Labute approximate surface area is 75.1 Å². The quantitative estimate of drug-likeness (QED) is 0.732. The lowest BCUT2D eigenvalue weighted by atomic mass is 10.4. The number of hydrogen-bond donors (Lipinski definition) is 1. The SMILES string of the molecule is CCSC(C)CNCC(F)(F)F. The minimum atomic E-state index is -4.09. The van der Waals surface area contributed by atoms with Gasteiger partial charge in [0, 0.05) is 11.8 Å². The number of nitrogens with one attached hydrogen (secondary N) is 1. The van der Waals surface area contributed by atoms with Crippen molar-refractivity contribution in [2.45, 2.75) is 25.3 Å². The number of rotatable bonds is 5. The molecule has 0 aromatic heterocycles. The second-order valence-corrected chi connectivity index (χ2v) is 4.23. The molecule has 0 rings (SSSR count). The second-order valence-electron chi connectivity index (χ2n) is 2.51. The van der Waals surface area contributed by atoms with Crippen molar-refractivity contribution < 1.29 is 13.2 Å². The molecule has 0 aliphatic heterocycles. The third-order valence-electron chi connectivity index (χ3n) is 1.21. The van der Waals surface area contributed by atoms with E-state index in [1.807, 2.05) is 13.8 Å². The van der Waals surface area contributed by atoms with Crippen LogP contribution in [-0.2, 0) is 0 Å². The molecule has 0 saturated carbocycles. The van der Waals surface area contributed by atoms with Gasteiger partial charge >= 0.3 is 6.18 Å². The van der Waals surface area contributed by atoms with Crippen LogP contribution in [0.1, 0.15) is 13.8 Å². The molecule has 0 aromatic carbocycles. The maximum Gasteiger partial charge on any atom is 0.401 e. The van der Waals surface area contributed by atoms with Gasteiger partial charge in [-0.3, -0.25) is 0 Å². The van der Waals surface area contributed by atoms with Gasteiger partial charge in [0.2, 0.25) is 0 Å². The molecule has 0 bridgehead atoms. The molecule has 1 unspecified atom stereocenters. The van der Waals surface area contributed by atoms with Gasteiger partial charge in [0.05, 0.1) is 6.54 Å². The summed E-state index contributed by atoms with van der Waals surface area (Å²) in [6, 6.07) is 0. The van der Waals surface area contributed by atoms with Gasteiger partial charge in [-0.05, 0) is 5.75 Å². The fourth-order valence-electron chi connectivity index (χ4n) is 0.761. The van der Waals surface area contributed by atoms with E-state index in [1.165, 1.54) is 0 Å². The topological polar surface area (TPSA) is 12.0 Å². The average Bonchev–Trinajstić information content (AvgIpc) is 1.84. The Bertz CT molecular complexity index is 116. The Kier molecular flexibility index (Phi) is 5.74. The molecular weight excluding hydrogens is 187 g/mol. The summed E-state index contributed by atoms with van der Waals surface area (Å²) >= 11 is 1.65. The Morgan fingerprint density at radius 3 is 2.42 bits per heavy atom. The van der Waals surface area contributed by atoms with Crippen LogP contribution in [0.3, 0.4) is 0 Å². The van der Waals surface area contributed by atoms with Crippen molar-refractivity contribution >= 4 is 11.8 Å². The van der Waals surface area contributed by atoms with E-state index in [4.69, 9.17) is 0 Å². The van der Waals surface area contributed by atoms with Gasteiger partial charge in [0.15, 0.2) is 0 Å². The van der Waals surface area contributed by atoms with Gasteiger partial charge in [-0.25, -0.2) is 0 Å². The first kappa shape index (κ1) is 12.1. The van der Waals surface area contributed by atoms with Crippen LogP contribution in [0, 0.1) is 0 Å². The monoisotopic (exact) mass is 201 g/mol. The number of halogens is 3. The van der Waals surface area contributed by atoms with Gasteiger partial charge in [-0.1, -0.05) is 13.8 Å². The van der Waals surface area contributed by atoms with Crippen LogP contribution in [0.5, 0.6) is 0 Å². The van der Waals surface area contributed by atoms with E-state index in [0.29, 0.717) is 6.54 Å². The van der Waals surface area contributed by atoms with Crippen LogP contribution in [0.4, 0.5) is 13.2 Å². The molecule has 0 radical (unpaired) electrons. The van der Waals surface area contributed by atoms with Crippen LogP contribution in [0.2, 0.25) is 0 Å². The van der Waals surface area contributed by atoms with E-state index in [9.17, 15) is 13.2 Å². The van der Waals surface area contributed by atoms with Crippen LogP contribution >= 0.6 is 11.8 Å². The second kappa shape index (κ2) is 5.70. The molecule has 0 aliphatic rings. The van der Waals surface area contributed by atoms with E-state index in [0.717, 1.165) is 5.75 Å². The molecule has 1 nitrogen and oxygen atoms in total. The third-order valence-corrected chi connectivity index (χ3v) is 2.28. The van der Waals surface area contributed by atoms with Gasteiger partial charge < -0.3 is 5.32 Å². The van der Waals surface area contributed by atoms with Gasteiger partial charge in [-0.2, -0.15) is 24.9 Å². The smallest absolute Gasteiger partial charge is 0.308 e. The van der Waals surface area contributed by atoms with Crippen molar-refractivity contribution in [3.8, 4) is 0 Å². The summed E-state index contributed by atoms with van der Waals surface area (Å²) < 4.78 is 34.9. The zero-order chi connectivity index (χ0) is 9.61. The number of thioether (sulfide) groups is 1. The fourth-order valence-corrected chi connectivity index (χ4v) is 1.57. The molecule has 1 atom stereocenters. The van der Waals surface area contributed by atoms with Crippen LogP contribution in [0.15, 0.2) is 0 Å². The van der Waals surface area contributed by atoms with Crippen molar-refractivity contribution in [3.63, 3.8) is 0 Å². The van der Waals surface area contributed by atoms with E-state index < -0.39 is 12.7 Å². The average molecular weight is 201 g/mol. The molecule has 5 heteroatoms. The Hall–Kier alpha value is 0.100. The first-order valence-corrected chi connectivity index (χ1v) is 4.89. The molecule has 0 saturated heterocycles. The first-order valence-electron chi connectivity index (χ1n) is 3.84. The molecule has 0 spiro atoms. The summed E-state index contributed by atoms with van der Waals surface area (Å²) in [7, 11) is 0. The number of hydrogen-bond acceptors (Lipinski definition) is 2. The molecule has 0 heterocycles. The molecule has 0 amide bonds. The summed E-state index contributed by atoms with van der Waals surface area (Å²) in [5.41, 5.74) is 0. The van der Waals surface area contributed by atoms with E-state index in [2.05, 4.69) is 5.32 Å². The van der Waals surface area contributed by atoms with Crippen molar-refractivity contribution in [3.05, 3.63) is 0 Å². The summed E-state index contributed by atoms with van der Waals surface area (Å²) in [5.74, 6) is 0.939. The predicted molar refractivity (Wildman–Crippen MR) is 46.5 cm³/mol. The predicted octanol–water partition coefficient (Wildman–Crippen LogP) is 2.28. The molecular formula is C7H14F3NS. The largest absolute Gasteiger partial charge is 0.401 e. The van der Waals surface area contributed by atoms with Crippen LogP contribution in [-0.4, -0.2) is 30.3 Å². The molecule has 74 valence electrons. The Morgan fingerprint density at radius 1 is 1.42 bits per heavy atom. The van der Waals surface area contributed by atoms with Gasteiger partial charge in [0.25, 0.3) is 0 Å². The fraction of sp³-hybridized carbons (Fsp3) is 1.00. The van der Waals surface area contributed by atoms with E-state index in [-0.39, 0.29) is 5.25 Å². The zero-order valence-electron chi connectivity index (χ0n) is 7.24. The minimum Gasteiger partial charge on any atom is -0.308 e. The highest BCUT2D eigenvalue weighted by molar-refractivity contribution is 7.99. The van der Waals surface area contributed by atoms with Crippen molar-refractivity contribution in [2.24, 2.45) is 0 Å². The highest BCUT2D eigenvalue weighted by Crippen LogP contribution is 2.13. The van der Waals surface area contributed by atoms with Gasteiger partial charge in [0.1, 0.15) is 0 Å². The normalized spacial score (nSPS) is 14.8. The molecule has 0 aromatic rings. The lowest BCUT2D eigenvalue weighted by Gasteiger charge is -2.12. The number of alkyl halides is 3. The summed E-state index contributed by atoms with van der Waals surface area (Å²) in [5, 5.41) is 2.61. The zero-order valence-corrected chi connectivity index (χ0v) is 8.06. The lowest BCUT2D eigenvalue weighted by Crippen LogP contribution is -2.32. The molecule has 12 heavy (non-hydrogen) atoms. The highest BCUT2D eigenvalue weighted by atomic mass is 32.2. The first-order chi connectivity index (χ1) is 5.45. The molecule has 1 N–H and O–H groups in total. The third kappa shape index (κ3) is 8.20. The van der Waals surface area contributed by atoms with Gasteiger partial charge in [-0.15, -0.1) is 0 Å². The van der Waals surface area contributed by atoms with Crippen LogP contribution < -0.4 is 5.32 Å². The summed E-state index contributed by atoms with van der Waals surface area (Å²) in [4.78, 5) is 0. The van der Waals surface area contributed by atoms with E-state index >= 15 is 0 Å². The van der Waals surface area contributed by atoms with Crippen molar-refractivity contribution in [1.29, 1.82) is 0 Å². The van der Waals surface area contributed by atoms with Crippen molar-refractivity contribution in [1.82, 2.24) is 5.32 Å². The summed E-state index contributed by atoms with van der Waals surface area (Å²) in [6.45, 7) is 3.43. The standard InChI is InChI=1S/C7H14F3NS/c1-3-12-6(2)4-11-5-7(8,9)10/h6,11H,3-5H2,1-2H3. The van der Waals surface area contributed by atoms with Crippen LogP contribution in [0.25, 0.3) is 0 Å². The van der Waals surface area contributed by atoms with E-state index in [1.54, 1.807) is 11.8 Å². The Morgan fingerprint density at radius 2 is 2.00 bits per heavy atom.